The van der Waals surface area contributed by atoms with Crippen LogP contribution in [0.5, 0.6) is 0 Å². The summed E-state index contributed by atoms with van der Waals surface area (Å²) in [5.41, 5.74) is 2.65. The number of ether oxygens (including phenoxy) is 1. The molecular formula is C25H27BrN4O3. The number of methoxy groups -OCH3 is 1. The Balaban J connectivity index is 1.33. The van der Waals surface area contributed by atoms with Crippen molar-refractivity contribution in [1.29, 1.82) is 0 Å². The van der Waals surface area contributed by atoms with E-state index in [0.717, 1.165) is 48.1 Å². The van der Waals surface area contributed by atoms with Crippen LogP contribution in [0, 0.1) is 0 Å². The van der Waals surface area contributed by atoms with E-state index in [1.54, 1.807) is 0 Å². The van der Waals surface area contributed by atoms with Crippen molar-refractivity contribution in [1.82, 2.24) is 14.8 Å². The lowest BCUT2D eigenvalue weighted by molar-refractivity contribution is -0.117. The Morgan fingerprint density at radius 3 is 2.55 bits per heavy atom. The van der Waals surface area contributed by atoms with Gasteiger partial charge in [-0.2, -0.15) is 0 Å². The maximum atomic E-state index is 12.8. The van der Waals surface area contributed by atoms with Crippen LogP contribution in [-0.2, 0) is 9.53 Å². The number of hydrogen-bond acceptors (Lipinski definition) is 5. The zero-order chi connectivity index (χ0) is 23.2. The highest BCUT2D eigenvalue weighted by Gasteiger charge is 2.23. The van der Waals surface area contributed by atoms with Gasteiger partial charge in [-0.25, -0.2) is 4.79 Å². The molecule has 1 aromatic heterocycles. The predicted molar refractivity (Wildman–Crippen MR) is 134 cm³/mol. The molecule has 33 heavy (non-hydrogen) atoms. The quantitative estimate of drug-likeness (QED) is 0.470. The summed E-state index contributed by atoms with van der Waals surface area (Å²) in [4.78, 5) is 32.6. The summed E-state index contributed by atoms with van der Waals surface area (Å²) in [6.07, 6.45) is 4.32. The zero-order valence-electron chi connectivity index (χ0n) is 18.5. The van der Waals surface area contributed by atoms with Crippen LogP contribution in [0.25, 0.3) is 17.0 Å². The normalized spacial score (nSPS) is 15.2. The van der Waals surface area contributed by atoms with Gasteiger partial charge in [-0.3, -0.25) is 14.6 Å². The van der Waals surface area contributed by atoms with Crippen molar-refractivity contribution < 1.29 is 14.3 Å². The molecule has 172 valence electrons. The average molecular weight is 511 g/mol. The number of benzene rings is 2. The lowest BCUT2D eigenvalue weighted by Gasteiger charge is -2.33. The van der Waals surface area contributed by atoms with E-state index in [2.05, 4.69) is 60.3 Å². The van der Waals surface area contributed by atoms with Crippen molar-refractivity contribution >= 4 is 50.5 Å². The maximum Gasteiger partial charge on any atom is 0.356 e. The first kappa shape index (κ1) is 23.2. The number of carbonyl (C=O) groups excluding carboxylic acids is 2. The SMILES string of the molecule is COC(=O)c1[nH]c2ccc(Br)cc2c1NC(=O)CN1CCN(C/C=C/c2ccccc2)CC1. The van der Waals surface area contributed by atoms with Gasteiger partial charge >= 0.3 is 5.97 Å². The predicted octanol–water partition coefficient (Wildman–Crippen LogP) is 3.99. The number of esters is 1. The Hall–Kier alpha value is -2.94. The number of H-pyrrole nitrogens is 1. The molecule has 8 heteroatoms. The summed E-state index contributed by atoms with van der Waals surface area (Å²) in [5.74, 6) is -0.673. The molecule has 0 aliphatic carbocycles. The summed E-state index contributed by atoms with van der Waals surface area (Å²) >= 11 is 3.45. The van der Waals surface area contributed by atoms with E-state index in [0.29, 0.717) is 5.69 Å². The van der Waals surface area contributed by atoms with Crippen LogP contribution < -0.4 is 5.32 Å². The number of rotatable bonds is 7. The van der Waals surface area contributed by atoms with Gasteiger partial charge in [0, 0.05) is 48.1 Å². The molecule has 3 aromatic rings. The highest BCUT2D eigenvalue weighted by molar-refractivity contribution is 9.10. The highest BCUT2D eigenvalue weighted by Crippen LogP contribution is 2.30. The molecule has 0 spiro atoms. The number of piperazine rings is 1. The van der Waals surface area contributed by atoms with Gasteiger partial charge in [-0.15, -0.1) is 0 Å². The molecule has 1 fully saturated rings. The molecule has 0 atom stereocenters. The van der Waals surface area contributed by atoms with Crippen molar-refractivity contribution in [3.63, 3.8) is 0 Å². The summed E-state index contributed by atoms with van der Waals surface area (Å²) < 4.78 is 5.75. The minimum Gasteiger partial charge on any atom is -0.464 e. The molecule has 1 aliphatic rings. The number of carbonyl (C=O) groups is 2. The molecule has 0 radical (unpaired) electrons. The van der Waals surface area contributed by atoms with Gasteiger partial charge in [-0.1, -0.05) is 58.4 Å². The maximum absolute atomic E-state index is 12.8. The topological polar surface area (TPSA) is 77.7 Å². The molecule has 7 nitrogen and oxygen atoms in total. The van der Waals surface area contributed by atoms with Crippen LogP contribution in [-0.4, -0.2) is 73.0 Å². The molecule has 2 aromatic carbocycles. The molecule has 2 heterocycles. The second-order valence-electron chi connectivity index (χ2n) is 7.99. The van der Waals surface area contributed by atoms with E-state index >= 15 is 0 Å². The molecule has 2 N–H and O–H groups in total. The molecule has 0 unspecified atom stereocenters. The van der Waals surface area contributed by atoms with Crippen molar-refractivity contribution in [2.45, 2.75) is 0 Å². The number of nitrogens with one attached hydrogen (secondary N) is 2. The Labute approximate surface area is 201 Å². The number of fused-ring (bicyclic) bond motifs is 1. The Morgan fingerprint density at radius 1 is 1.09 bits per heavy atom. The van der Waals surface area contributed by atoms with Crippen molar-refractivity contribution in [2.24, 2.45) is 0 Å². The first-order chi connectivity index (χ1) is 16.0. The number of halogens is 1. The van der Waals surface area contributed by atoms with Crippen molar-refractivity contribution in [2.75, 3.05) is 51.7 Å². The fraction of sp³-hybridized carbons (Fsp3) is 0.280. The molecule has 4 rings (SSSR count). The van der Waals surface area contributed by atoms with Crippen molar-refractivity contribution in [3.05, 3.63) is 70.3 Å². The van der Waals surface area contributed by atoms with Crippen LogP contribution in [0.2, 0.25) is 0 Å². The Morgan fingerprint density at radius 2 is 1.82 bits per heavy atom. The van der Waals surface area contributed by atoms with Gasteiger partial charge in [0.1, 0.15) is 5.69 Å². The zero-order valence-corrected chi connectivity index (χ0v) is 20.1. The highest BCUT2D eigenvalue weighted by atomic mass is 79.9. The Kier molecular flexibility index (Phi) is 7.59. The van der Waals surface area contributed by atoms with E-state index in [-0.39, 0.29) is 18.1 Å². The number of anilines is 1. The van der Waals surface area contributed by atoms with Gasteiger partial charge in [0.25, 0.3) is 0 Å². The number of aromatic amines is 1. The van der Waals surface area contributed by atoms with Crippen molar-refractivity contribution in [3.8, 4) is 0 Å². The smallest absolute Gasteiger partial charge is 0.356 e. The van der Waals surface area contributed by atoms with E-state index in [4.69, 9.17) is 4.74 Å². The number of amides is 1. The van der Waals surface area contributed by atoms with Gasteiger partial charge < -0.3 is 15.0 Å². The van der Waals surface area contributed by atoms with E-state index < -0.39 is 5.97 Å². The van der Waals surface area contributed by atoms with Crippen LogP contribution in [0.4, 0.5) is 5.69 Å². The molecule has 1 amide bonds. The molecule has 1 aliphatic heterocycles. The van der Waals surface area contributed by atoms with Gasteiger partial charge in [0.05, 0.1) is 19.3 Å². The van der Waals surface area contributed by atoms with Crippen LogP contribution in [0.3, 0.4) is 0 Å². The van der Waals surface area contributed by atoms with Gasteiger partial charge in [-0.05, 0) is 23.8 Å². The average Bonchev–Trinajstić information content (AvgIpc) is 3.17. The second-order valence-corrected chi connectivity index (χ2v) is 8.91. The molecule has 0 saturated carbocycles. The molecule has 1 saturated heterocycles. The molecular weight excluding hydrogens is 484 g/mol. The standard InChI is InChI=1S/C25H27BrN4O3/c1-33-25(32)24-23(20-16-19(26)9-10-21(20)27-24)28-22(31)17-30-14-12-29(13-15-30)11-5-8-18-6-3-2-4-7-18/h2-10,16,27H,11-15,17H2,1H3,(H,28,31)/b8-5+. The fourth-order valence-electron chi connectivity index (χ4n) is 3.96. The van der Waals surface area contributed by atoms with Gasteiger partial charge in [0.2, 0.25) is 5.91 Å². The lowest BCUT2D eigenvalue weighted by Crippen LogP contribution is -2.48. The third-order valence-electron chi connectivity index (χ3n) is 5.72. The first-order valence-corrected chi connectivity index (χ1v) is 11.7. The number of nitrogens with zero attached hydrogens (tertiary/aromatic N) is 2. The largest absolute Gasteiger partial charge is 0.464 e. The first-order valence-electron chi connectivity index (χ1n) is 10.9. The van der Waals surface area contributed by atoms with E-state index in [1.807, 2.05) is 36.4 Å². The minimum atomic E-state index is -0.519. The second kappa shape index (κ2) is 10.8. The van der Waals surface area contributed by atoms with Crippen LogP contribution in [0.15, 0.2) is 59.1 Å². The third-order valence-corrected chi connectivity index (χ3v) is 6.21. The summed E-state index contributed by atoms with van der Waals surface area (Å²) in [6.45, 7) is 4.60. The van der Waals surface area contributed by atoms with E-state index in [1.165, 1.54) is 12.7 Å². The summed E-state index contributed by atoms with van der Waals surface area (Å²) in [6, 6.07) is 15.9. The molecule has 0 bridgehead atoms. The summed E-state index contributed by atoms with van der Waals surface area (Å²) in [7, 11) is 1.32. The number of hydrogen-bond donors (Lipinski definition) is 2. The monoisotopic (exact) mass is 510 g/mol. The minimum absolute atomic E-state index is 0.154. The van der Waals surface area contributed by atoms with E-state index in [9.17, 15) is 9.59 Å². The third kappa shape index (κ3) is 5.90. The van der Waals surface area contributed by atoms with Crippen LogP contribution in [0.1, 0.15) is 16.1 Å². The fourth-order valence-corrected chi connectivity index (χ4v) is 4.32. The number of aromatic nitrogens is 1. The lowest BCUT2D eigenvalue weighted by atomic mass is 10.2. The summed E-state index contributed by atoms with van der Waals surface area (Å²) in [5, 5.41) is 3.69. The Bertz CT molecular complexity index is 1150. The van der Waals surface area contributed by atoms with Crippen LogP contribution >= 0.6 is 15.9 Å². The van der Waals surface area contributed by atoms with Gasteiger partial charge in [0.15, 0.2) is 0 Å².